The van der Waals surface area contributed by atoms with Crippen molar-refractivity contribution in [3.63, 3.8) is 0 Å². The average molecular weight is 217 g/mol. The number of hydrazone groups is 1. The van der Waals surface area contributed by atoms with Crippen molar-refractivity contribution in [1.29, 1.82) is 0 Å². The molecule has 2 aromatic rings. The van der Waals surface area contributed by atoms with Gasteiger partial charge in [0.05, 0.1) is 17.6 Å². The van der Waals surface area contributed by atoms with Crippen LogP contribution in [0.4, 0.5) is 4.79 Å². The Labute approximate surface area is 91.8 Å². The zero-order valence-corrected chi connectivity index (χ0v) is 8.71. The van der Waals surface area contributed by atoms with E-state index in [9.17, 15) is 4.79 Å². The van der Waals surface area contributed by atoms with Crippen LogP contribution in [-0.4, -0.2) is 21.6 Å². The van der Waals surface area contributed by atoms with Crippen LogP contribution < -0.4 is 11.2 Å². The highest BCUT2D eigenvalue weighted by Crippen LogP contribution is 2.08. The number of urea groups is 1. The van der Waals surface area contributed by atoms with E-state index in [1.807, 2.05) is 35.7 Å². The SMILES string of the molecule is Cc1nc2ccccn2c1/C=N\NC(N)=O. The monoisotopic (exact) mass is 217 g/mol. The molecule has 0 aliphatic carbocycles. The molecule has 3 N–H and O–H groups in total. The lowest BCUT2D eigenvalue weighted by atomic mass is 10.4. The molecule has 2 aromatic heterocycles. The van der Waals surface area contributed by atoms with Gasteiger partial charge in [0.2, 0.25) is 0 Å². The van der Waals surface area contributed by atoms with Gasteiger partial charge in [0.1, 0.15) is 5.65 Å². The number of imidazole rings is 1. The van der Waals surface area contributed by atoms with Crippen LogP contribution in [0.3, 0.4) is 0 Å². The number of carbonyl (C=O) groups is 1. The third-order valence-electron chi connectivity index (χ3n) is 2.11. The number of amides is 2. The normalized spacial score (nSPS) is 11.1. The van der Waals surface area contributed by atoms with Gasteiger partial charge in [0, 0.05) is 6.20 Å². The smallest absolute Gasteiger partial charge is 0.332 e. The van der Waals surface area contributed by atoms with Crippen LogP contribution in [-0.2, 0) is 0 Å². The van der Waals surface area contributed by atoms with Gasteiger partial charge < -0.3 is 5.73 Å². The Morgan fingerprint density at radius 3 is 3.19 bits per heavy atom. The fourth-order valence-corrected chi connectivity index (χ4v) is 1.44. The van der Waals surface area contributed by atoms with Crippen molar-refractivity contribution < 1.29 is 4.79 Å². The topological polar surface area (TPSA) is 84.8 Å². The first kappa shape index (κ1) is 10.2. The Balaban J connectivity index is 2.39. The number of nitrogens with one attached hydrogen (secondary N) is 1. The molecule has 6 heteroatoms. The van der Waals surface area contributed by atoms with Crippen molar-refractivity contribution in [3.05, 3.63) is 35.8 Å². The van der Waals surface area contributed by atoms with Crippen LogP contribution >= 0.6 is 0 Å². The van der Waals surface area contributed by atoms with E-state index < -0.39 is 6.03 Å². The van der Waals surface area contributed by atoms with Crippen LogP contribution in [0.2, 0.25) is 0 Å². The molecule has 0 atom stereocenters. The second kappa shape index (κ2) is 4.01. The van der Waals surface area contributed by atoms with Crippen LogP contribution in [0, 0.1) is 6.92 Å². The summed E-state index contributed by atoms with van der Waals surface area (Å²) in [5.41, 5.74) is 9.52. The van der Waals surface area contributed by atoms with E-state index in [1.54, 1.807) is 0 Å². The number of pyridine rings is 1. The molecular weight excluding hydrogens is 206 g/mol. The summed E-state index contributed by atoms with van der Waals surface area (Å²) >= 11 is 0. The molecule has 16 heavy (non-hydrogen) atoms. The van der Waals surface area contributed by atoms with Gasteiger partial charge in [-0.25, -0.2) is 15.2 Å². The molecule has 2 rings (SSSR count). The first-order chi connectivity index (χ1) is 7.68. The summed E-state index contributed by atoms with van der Waals surface area (Å²) in [6, 6.07) is 5.01. The van der Waals surface area contributed by atoms with Gasteiger partial charge >= 0.3 is 6.03 Å². The zero-order valence-electron chi connectivity index (χ0n) is 8.71. The molecule has 0 unspecified atom stereocenters. The number of aromatic nitrogens is 2. The molecule has 0 fully saturated rings. The number of hydrogen-bond acceptors (Lipinski definition) is 3. The van der Waals surface area contributed by atoms with E-state index in [2.05, 4.69) is 15.5 Å². The predicted molar refractivity (Wildman–Crippen MR) is 60.2 cm³/mol. The zero-order chi connectivity index (χ0) is 11.5. The van der Waals surface area contributed by atoms with E-state index >= 15 is 0 Å². The quantitative estimate of drug-likeness (QED) is 0.571. The fourth-order valence-electron chi connectivity index (χ4n) is 1.44. The number of rotatable bonds is 2. The third kappa shape index (κ3) is 1.85. The predicted octanol–water partition coefficient (Wildman–Crippen LogP) is 0.645. The standard InChI is InChI=1S/C10H11N5O/c1-7-8(6-12-14-10(11)16)15-5-3-2-4-9(15)13-7/h2-6H,1H3,(H3,11,14,16)/b12-6-. The summed E-state index contributed by atoms with van der Waals surface area (Å²) in [6.07, 6.45) is 3.39. The molecule has 0 spiro atoms. The fraction of sp³-hybridized carbons (Fsp3) is 0.100. The highest BCUT2D eigenvalue weighted by molar-refractivity contribution is 5.82. The summed E-state index contributed by atoms with van der Waals surface area (Å²) < 4.78 is 1.88. The molecule has 2 amide bonds. The van der Waals surface area contributed by atoms with Gasteiger partial charge in [0.15, 0.2) is 0 Å². The summed E-state index contributed by atoms with van der Waals surface area (Å²) in [7, 11) is 0. The van der Waals surface area contributed by atoms with Crippen molar-refractivity contribution in [1.82, 2.24) is 14.8 Å². The number of aryl methyl sites for hydroxylation is 1. The van der Waals surface area contributed by atoms with Crippen LogP contribution in [0.25, 0.3) is 5.65 Å². The average Bonchev–Trinajstić information content (AvgIpc) is 2.55. The second-order valence-corrected chi connectivity index (χ2v) is 3.25. The largest absolute Gasteiger partial charge is 0.350 e. The molecule has 0 aromatic carbocycles. The molecule has 0 saturated heterocycles. The highest BCUT2D eigenvalue weighted by Gasteiger charge is 2.04. The number of carbonyl (C=O) groups excluding carboxylic acids is 1. The van der Waals surface area contributed by atoms with E-state index in [1.165, 1.54) is 6.21 Å². The summed E-state index contributed by atoms with van der Waals surface area (Å²) in [4.78, 5) is 14.8. The minimum Gasteiger partial charge on any atom is -0.350 e. The number of hydrogen-bond donors (Lipinski definition) is 2. The number of fused-ring (bicyclic) bond motifs is 1. The van der Waals surface area contributed by atoms with Gasteiger partial charge in [-0.2, -0.15) is 5.10 Å². The van der Waals surface area contributed by atoms with Gasteiger partial charge in [0.25, 0.3) is 0 Å². The first-order valence-electron chi connectivity index (χ1n) is 4.70. The van der Waals surface area contributed by atoms with Gasteiger partial charge in [-0.3, -0.25) is 4.40 Å². The number of nitrogens with zero attached hydrogens (tertiary/aromatic N) is 3. The van der Waals surface area contributed by atoms with Crippen molar-refractivity contribution in [2.24, 2.45) is 10.8 Å². The Bertz CT molecular complexity index is 557. The number of nitrogens with two attached hydrogens (primary N) is 1. The van der Waals surface area contributed by atoms with E-state index in [4.69, 9.17) is 5.73 Å². The maximum absolute atomic E-state index is 10.5. The lowest BCUT2D eigenvalue weighted by molar-refractivity contribution is 0.249. The highest BCUT2D eigenvalue weighted by atomic mass is 16.2. The molecule has 0 radical (unpaired) electrons. The maximum Gasteiger partial charge on any atom is 0.332 e. The molecule has 2 heterocycles. The first-order valence-corrected chi connectivity index (χ1v) is 4.70. The molecule has 0 saturated carbocycles. The van der Waals surface area contributed by atoms with E-state index in [0.717, 1.165) is 17.0 Å². The Morgan fingerprint density at radius 2 is 2.44 bits per heavy atom. The molecule has 0 aliphatic heterocycles. The Hall–Kier alpha value is -2.37. The minimum absolute atomic E-state index is 0.692. The van der Waals surface area contributed by atoms with E-state index in [0.29, 0.717) is 0 Å². The van der Waals surface area contributed by atoms with Crippen molar-refractivity contribution in [2.75, 3.05) is 0 Å². The number of primary amides is 1. The molecule has 0 bridgehead atoms. The third-order valence-corrected chi connectivity index (χ3v) is 2.11. The van der Waals surface area contributed by atoms with Crippen LogP contribution in [0.1, 0.15) is 11.4 Å². The maximum atomic E-state index is 10.5. The van der Waals surface area contributed by atoms with Gasteiger partial charge in [-0.1, -0.05) is 6.07 Å². The minimum atomic E-state index is -0.692. The van der Waals surface area contributed by atoms with Crippen molar-refractivity contribution >= 4 is 17.9 Å². The Kier molecular flexibility index (Phi) is 2.55. The van der Waals surface area contributed by atoms with Crippen LogP contribution in [0.15, 0.2) is 29.5 Å². The molecule has 82 valence electrons. The summed E-state index contributed by atoms with van der Waals surface area (Å²) in [5.74, 6) is 0. The Morgan fingerprint density at radius 1 is 1.62 bits per heavy atom. The lowest BCUT2D eigenvalue weighted by Crippen LogP contribution is -2.24. The summed E-state index contributed by atoms with van der Waals surface area (Å²) in [5, 5.41) is 3.71. The van der Waals surface area contributed by atoms with E-state index in [-0.39, 0.29) is 0 Å². The van der Waals surface area contributed by atoms with Gasteiger partial charge in [-0.15, -0.1) is 0 Å². The molecule has 6 nitrogen and oxygen atoms in total. The molecular formula is C10H11N5O. The van der Waals surface area contributed by atoms with Gasteiger partial charge in [-0.05, 0) is 19.1 Å². The van der Waals surface area contributed by atoms with Crippen molar-refractivity contribution in [2.45, 2.75) is 6.92 Å². The van der Waals surface area contributed by atoms with Crippen molar-refractivity contribution in [3.8, 4) is 0 Å². The second-order valence-electron chi connectivity index (χ2n) is 3.25. The van der Waals surface area contributed by atoms with Crippen LogP contribution in [0.5, 0.6) is 0 Å². The lowest BCUT2D eigenvalue weighted by Gasteiger charge is -1.95. The molecule has 0 aliphatic rings. The summed E-state index contributed by atoms with van der Waals surface area (Å²) in [6.45, 7) is 1.87.